The van der Waals surface area contributed by atoms with Crippen molar-refractivity contribution in [2.45, 2.75) is 0 Å². The molecule has 2 aromatic rings. The Labute approximate surface area is 107 Å². The number of rotatable bonds is 1. The van der Waals surface area contributed by atoms with Crippen LogP contribution in [0.1, 0.15) is 4.88 Å². The van der Waals surface area contributed by atoms with Gasteiger partial charge in [0, 0.05) is 5.56 Å². The summed E-state index contributed by atoms with van der Waals surface area (Å²) in [6.07, 6.45) is 0. The highest BCUT2D eigenvalue weighted by molar-refractivity contribution is 7.10. The van der Waals surface area contributed by atoms with E-state index < -0.39 is 0 Å². The summed E-state index contributed by atoms with van der Waals surface area (Å²) in [5, 5.41) is 11.7. The van der Waals surface area contributed by atoms with Crippen LogP contribution < -0.4 is 10.1 Å². The number of hydrogen-bond donors (Lipinski definition) is 1. The van der Waals surface area contributed by atoms with Crippen LogP contribution in [0.15, 0.2) is 23.7 Å². The zero-order valence-corrected chi connectivity index (χ0v) is 9.95. The van der Waals surface area contributed by atoms with E-state index in [1.54, 1.807) is 17.6 Å². The van der Waals surface area contributed by atoms with Gasteiger partial charge in [0.05, 0.1) is 16.9 Å². The second-order valence-corrected chi connectivity index (χ2v) is 4.54. The minimum atomic E-state index is -0.182. The number of thiazole rings is 1. The van der Waals surface area contributed by atoms with E-state index in [1.807, 2.05) is 6.07 Å². The standard InChI is InChI=1S/C12H7N3O2S/c13-4-10-12(14-6-18-10)7-1-2-9-8(3-7)15-11(16)5-17-9/h1-3,6H,5H2,(H,15,16). The predicted molar refractivity (Wildman–Crippen MR) is 66.4 cm³/mol. The molecule has 1 aliphatic rings. The Morgan fingerprint density at radius 3 is 3.22 bits per heavy atom. The lowest BCUT2D eigenvalue weighted by molar-refractivity contribution is -0.118. The van der Waals surface area contributed by atoms with Gasteiger partial charge in [-0.15, -0.1) is 11.3 Å². The van der Waals surface area contributed by atoms with E-state index in [4.69, 9.17) is 10.00 Å². The molecular formula is C12H7N3O2S. The molecule has 3 rings (SSSR count). The fourth-order valence-electron chi connectivity index (χ4n) is 1.76. The summed E-state index contributed by atoms with van der Waals surface area (Å²) in [4.78, 5) is 16.0. The van der Waals surface area contributed by atoms with E-state index in [0.29, 0.717) is 22.0 Å². The quantitative estimate of drug-likeness (QED) is 0.848. The zero-order valence-electron chi connectivity index (χ0n) is 9.14. The number of amides is 1. The predicted octanol–water partition coefficient (Wildman–Crippen LogP) is 2.01. The first-order valence-corrected chi connectivity index (χ1v) is 6.06. The molecule has 5 nitrogen and oxygen atoms in total. The summed E-state index contributed by atoms with van der Waals surface area (Å²) in [7, 11) is 0. The third kappa shape index (κ3) is 1.71. The van der Waals surface area contributed by atoms with Crippen molar-refractivity contribution in [3.05, 3.63) is 28.6 Å². The summed E-state index contributed by atoms with van der Waals surface area (Å²) < 4.78 is 5.27. The van der Waals surface area contributed by atoms with Crippen molar-refractivity contribution in [2.75, 3.05) is 11.9 Å². The van der Waals surface area contributed by atoms with E-state index in [9.17, 15) is 4.79 Å². The van der Waals surface area contributed by atoms with Gasteiger partial charge in [-0.05, 0) is 18.2 Å². The highest BCUT2D eigenvalue weighted by atomic mass is 32.1. The molecule has 0 aliphatic carbocycles. The lowest BCUT2D eigenvalue weighted by atomic mass is 10.1. The van der Waals surface area contributed by atoms with Gasteiger partial charge in [-0.3, -0.25) is 4.79 Å². The van der Waals surface area contributed by atoms with Crippen molar-refractivity contribution in [3.8, 4) is 23.1 Å². The minimum Gasteiger partial charge on any atom is -0.482 e. The first-order chi connectivity index (χ1) is 8.78. The Morgan fingerprint density at radius 1 is 1.50 bits per heavy atom. The van der Waals surface area contributed by atoms with Crippen molar-refractivity contribution in [1.82, 2.24) is 4.98 Å². The molecule has 0 saturated carbocycles. The van der Waals surface area contributed by atoms with Gasteiger partial charge in [0.2, 0.25) is 0 Å². The van der Waals surface area contributed by atoms with Gasteiger partial charge in [-0.2, -0.15) is 5.26 Å². The number of hydrogen-bond acceptors (Lipinski definition) is 5. The molecule has 6 heteroatoms. The van der Waals surface area contributed by atoms with Crippen molar-refractivity contribution in [3.63, 3.8) is 0 Å². The van der Waals surface area contributed by atoms with Gasteiger partial charge in [0.15, 0.2) is 6.61 Å². The molecule has 18 heavy (non-hydrogen) atoms. The molecule has 1 amide bonds. The molecule has 2 heterocycles. The minimum absolute atomic E-state index is 0.0342. The van der Waals surface area contributed by atoms with Crippen LogP contribution in [0.2, 0.25) is 0 Å². The number of fused-ring (bicyclic) bond motifs is 1. The van der Waals surface area contributed by atoms with Gasteiger partial charge in [-0.25, -0.2) is 4.98 Å². The fraction of sp³-hybridized carbons (Fsp3) is 0.0833. The number of carbonyl (C=O) groups excluding carboxylic acids is 1. The van der Waals surface area contributed by atoms with Crippen LogP contribution in [-0.2, 0) is 4.79 Å². The number of ether oxygens (including phenoxy) is 1. The maximum absolute atomic E-state index is 11.2. The van der Waals surface area contributed by atoms with Crippen molar-refractivity contribution < 1.29 is 9.53 Å². The van der Waals surface area contributed by atoms with E-state index in [1.165, 1.54) is 11.3 Å². The van der Waals surface area contributed by atoms with Gasteiger partial charge >= 0.3 is 0 Å². The smallest absolute Gasteiger partial charge is 0.262 e. The molecule has 0 unspecified atom stereocenters. The molecule has 1 aliphatic heterocycles. The van der Waals surface area contributed by atoms with E-state index >= 15 is 0 Å². The van der Waals surface area contributed by atoms with Crippen LogP contribution in [0.5, 0.6) is 5.75 Å². The maximum atomic E-state index is 11.2. The van der Waals surface area contributed by atoms with Gasteiger partial charge < -0.3 is 10.1 Å². The van der Waals surface area contributed by atoms with Crippen LogP contribution in [0, 0.1) is 11.3 Å². The highest BCUT2D eigenvalue weighted by Crippen LogP contribution is 2.33. The molecule has 0 fully saturated rings. The molecule has 1 aromatic carbocycles. The van der Waals surface area contributed by atoms with Crippen LogP contribution in [0.3, 0.4) is 0 Å². The Bertz CT molecular complexity index is 672. The average Bonchev–Trinajstić information content (AvgIpc) is 2.86. The number of nitriles is 1. The second kappa shape index (κ2) is 4.13. The Morgan fingerprint density at radius 2 is 2.39 bits per heavy atom. The topological polar surface area (TPSA) is 75.0 Å². The van der Waals surface area contributed by atoms with E-state index in [-0.39, 0.29) is 12.5 Å². The molecule has 0 radical (unpaired) electrons. The largest absolute Gasteiger partial charge is 0.482 e. The summed E-state index contributed by atoms with van der Waals surface area (Å²) in [6, 6.07) is 7.46. The van der Waals surface area contributed by atoms with Crippen molar-refractivity contribution in [1.29, 1.82) is 5.26 Å². The SMILES string of the molecule is N#Cc1scnc1-c1ccc2c(c1)NC(=O)CO2. The molecule has 88 valence electrons. The number of nitrogens with one attached hydrogen (secondary N) is 1. The lowest BCUT2D eigenvalue weighted by Crippen LogP contribution is -2.25. The van der Waals surface area contributed by atoms with Gasteiger partial charge in [0.25, 0.3) is 5.91 Å². The first kappa shape index (κ1) is 10.7. The highest BCUT2D eigenvalue weighted by Gasteiger charge is 2.17. The molecule has 1 aromatic heterocycles. The Hall–Kier alpha value is -2.39. The summed E-state index contributed by atoms with van der Waals surface area (Å²) in [5.74, 6) is 0.450. The monoisotopic (exact) mass is 257 g/mol. The third-order valence-electron chi connectivity index (χ3n) is 2.55. The second-order valence-electron chi connectivity index (χ2n) is 3.69. The van der Waals surface area contributed by atoms with Gasteiger partial charge in [-0.1, -0.05) is 0 Å². The average molecular weight is 257 g/mol. The first-order valence-electron chi connectivity index (χ1n) is 5.18. The van der Waals surface area contributed by atoms with Crippen LogP contribution >= 0.6 is 11.3 Å². The maximum Gasteiger partial charge on any atom is 0.262 e. The Balaban J connectivity index is 2.08. The van der Waals surface area contributed by atoms with E-state index in [2.05, 4.69) is 16.4 Å². The lowest BCUT2D eigenvalue weighted by Gasteiger charge is -2.18. The molecule has 0 spiro atoms. The third-order valence-corrected chi connectivity index (χ3v) is 3.29. The van der Waals surface area contributed by atoms with E-state index in [0.717, 1.165) is 5.56 Å². The fourth-order valence-corrected chi connectivity index (χ4v) is 2.36. The van der Waals surface area contributed by atoms with Crippen molar-refractivity contribution in [2.24, 2.45) is 0 Å². The summed E-state index contributed by atoms with van der Waals surface area (Å²) in [6.45, 7) is 0.0342. The molecule has 1 N–H and O–H groups in total. The molecule has 0 atom stereocenters. The van der Waals surface area contributed by atoms with Crippen LogP contribution in [0.25, 0.3) is 11.3 Å². The normalized spacial score (nSPS) is 13.2. The molecule has 0 bridgehead atoms. The number of anilines is 1. The number of aromatic nitrogens is 1. The van der Waals surface area contributed by atoms with Crippen molar-refractivity contribution >= 4 is 22.9 Å². The molecule has 0 saturated heterocycles. The summed E-state index contributed by atoms with van der Waals surface area (Å²) >= 11 is 1.29. The van der Waals surface area contributed by atoms with Crippen LogP contribution in [-0.4, -0.2) is 17.5 Å². The van der Waals surface area contributed by atoms with Gasteiger partial charge in [0.1, 0.15) is 16.7 Å². The zero-order chi connectivity index (χ0) is 12.5. The van der Waals surface area contributed by atoms with Crippen LogP contribution in [0.4, 0.5) is 5.69 Å². The number of carbonyl (C=O) groups is 1. The Kier molecular flexibility index (Phi) is 2.46. The molecular weight excluding hydrogens is 250 g/mol. The summed E-state index contributed by atoms with van der Waals surface area (Å²) in [5.41, 5.74) is 3.66. The number of nitrogens with zero attached hydrogens (tertiary/aromatic N) is 2. The number of benzene rings is 1.